The Labute approximate surface area is 148 Å². The van der Waals surface area contributed by atoms with E-state index < -0.39 is 0 Å². The van der Waals surface area contributed by atoms with Crippen molar-refractivity contribution in [3.63, 3.8) is 0 Å². The molecule has 6 heteroatoms. The summed E-state index contributed by atoms with van der Waals surface area (Å²) in [5.41, 5.74) is 4.90. The average Bonchev–Trinajstić information content (AvgIpc) is 2.95. The highest BCUT2D eigenvalue weighted by atomic mass is 16.3. The molecule has 1 aliphatic rings. The first-order valence-corrected chi connectivity index (χ1v) is 9.22. The highest BCUT2D eigenvalue weighted by Gasteiger charge is 2.25. The molecule has 0 radical (unpaired) electrons. The van der Waals surface area contributed by atoms with Crippen molar-refractivity contribution < 1.29 is 9.90 Å². The Morgan fingerprint density at radius 3 is 2.84 bits per heavy atom. The Hall–Kier alpha value is -1.95. The standard InChI is InChI=1S/C19H28N4O2/c1-12-10-18-20-13(2)16(14(3)23(18)22-12)8-9-19(25)21-17-7-5-4-6-15(17)11-24/h10,15,17,24H,4-9,11H2,1-3H3,(H,21,25). The largest absolute Gasteiger partial charge is 0.396 e. The Balaban J connectivity index is 1.66. The minimum Gasteiger partial charge on any atom is -0.396 e. The lowest BCUT2D eigenvalue weighted by Crippen LogP contribution is -2.43. The molecule has 3 rings (SSSR count). The van der Waals surface area contributed by atoms with E-state index in [1.807, 2.05) is 31.4 Å². The average molecular weight is 344 g/mol. The highest BCUT2D eigenvalue weighted by Crippen LogP contribution is 2.24. The van der Waals surface area contributed by atoms with Crippen LogP contribution in [0.2, 0.25) is 0 Å². The van der Waals surface area contributed by atoms with Crippen molar-refractivity contribution in [2.75, 3.05) is 6.61 Å². The maximum absolute atomic E-state index is 12.4. The molecule has 0 aromatic carbocycles. The Morgan fingerprint density at radius 2 is 2.08 bits per heavy atom. The zero-order chi connectivity index (χ0) is 18.0. The second kappa shape index (κ2) is 7.52. The first-order chi connectivity index (χ1) is 12.0. The molecule has 6 nitrogen and oxygen atoms in total. The molecule has 2 aromatic heterocycles. The van der Waals surface area contributed by atoms with Crippen molar-refractivity contribution in [2.45, 2.75) is 65.3 Å². The number of nitrogens with one attached hydrogen (secondary N) is 1. The van der Waals surface area contributed by atoms with Gasteiger partial charge in [0.25, 0.3) is 0 Å². The first-order valence-electron chi connectivity index (χ1n) is 9.22. The number of carbonyl (C=O) groups is 1. The number of nitrogens with zero attached hydrogens (tertiary/aromatic N) is 3. The third kappa shape index (κ3) is 3.84. The maximum Gasteiger partial charge on any atom is 0.220 e. The minimum absolute atomic E-state index is 0.0564. The quantitative estimate of drug-likeness (QED) is 0.872. The number of hydrogen-bond acceptors (Lipinski definition) is 4. The van der Waals surface area contributed by atoms with E-state index in [4.69, 9.17) is 0 Å². The number of aliphatic hydroxyl groups is 1. The fourth-order valence-electron chi connectivity index (χ4n) is 3.94. The molecule has 0 aliphatic heterocycles. The van der Waals surface area contributed by atoms with Gasteiger partial charge < -0.3 is 10.4 Å². The number of hydrogen-bond donors (Lipinski definition) is 2. The Bertz CT molecular complexity index is 768. The molecule has 2 N–H and O–H groups in total. The van der Waals surface area contributed by atoms with E-state index in [9.17, 15) is 9.90 Å². The molecule has 1 amide bonds. The molecule has 0 spiro atoms. The number of fused-ring (bicyclic) bond motifs is 1. The van der Waals surface area contributed by atoms with E-state index in [2.05, 4.69) is 15.4 Å². The molecular weight excluding hydrogens is 316 g/mol. The molecule has 2 heterocycles. The molecule has 1 fully saturated rings. The van der Waals surface area contributed by atoms with Crippen molar-refractivity contribution in [2.24, 2.45) is 5.92 Å². The van der Waals surface area contributed by atoms with E-state index in [1.165, 1.54) is 0 Å². The number of aliphatic hydroxyl groups excluding tert-OH is 1. The van der Waals surface area contributed by atoms with Crippen LogP contribution in [0.1, 0.15) is 54.7 Å². The third-order valence-electron chi connectivity index (χ3n) is 5.38. The van der Waals surface area contributed by atoms with Crippen LogP contribution in [0.5, 0.6) is 0 Å². The number of aromatic nitrogens is 3. The van der Waals surface area contributed by atoms with Crippen LogP contribution in [0.3, 0.4) is 0 Å². The highest BCUT2D eigenvalue weighted by molar-refractivity contribution is 5.76. The molecule has 25 heavy (non-hydrogen) atoms. The number of carbonyl (C=O) groups excluding carboxylic acids is 1. The van der Waals surface area contributed by atoms with Crippen molar-refractivity contribution in [3.05, 3.63) is 28.7 Å². The van der Waals surface area contributed by atoms with Gasteiger partial charge in [-0.1, -0.05) is 12.8 Å². The van der Waals surface area contributed by atoms with Crippen LogP contribution in [0.4, 0.5) is 0 Å². The number of amides is 1. The lowest BCUT2D eigenvalue weighted by Gasteiger charge is -2.30. The summed E-state index contributed by atoms with van der Waals surface area (Å²) in [6.07, 6.45) is 5.32. The molecule has 2 atom stereocenters. The van der Waals surface area contributed by atoms with Gasteiger partial charge in [-0.2, -0.15) is 5.10 Å². The molecule has 136 valence electrons. The maximum atomic E-state index is 12.4. The smallest absolute Gasteiger partial charge is 0.220 e. The van der Waals surface area contributed by atoms with Crippen LogP contribution in [0.25, 0.3) is 5.65 Å². The van der Waals surface area contributed by atoms with Gasteiger partial charge in [-0.05, 0) is 45.6 Å². The van der Waals surface area contributed by atoms with E-state index in [-0.39, 0.29) is 24.5 Å². The van der Waals surface area contributed by atoms with Gasteiger partial charge in [-0.15, -0.1) is 0 Å². The van der Waals surface area contributed by atoms with Crippen molar-refractivity contribution in [3.8, 4) is 0 Å². The van der Waals surface area contributed by atoms with Gasteiger partial charge in [0.05, 0.1) is 5.69 Å². The van der Waals surface area contributed by atoms with Crippen LogP contribution in [0.15, 0.2) is 6.07 Å². The molecule has 1 saturated carbocycles. The zero-order valence-electron chi connectivity index (χ0n) is 15.4. The van der Waals surface area contributed by atoms with Gasteiger partial charge >= 0.3 is 0 Å². The Morgan fingerprint density at radius 1 is 1.32 bits per heavy atom. The molecule has 2 aromatic rings. The van der Waals surface area contributed by atoms with Crippen molar-refractivity contribution in [1.29, 1.82) is 0 Å². The number of aryl methyl sites for hydroxylation is 3. The summed E-state index contributed by atoms with van der Waals surface area (Å²) in [5, 5.41) is 17.1. The van der Waals surface area contributed by atoms with Crippen LogP contribution >= 0.6 is 0 Å². The molecule has 1 aliphatic carbocycles. The lowest BCUT2D eigenvalue weighted by molar-refractivity contribution is -0.122. The van der Waals surface area contributed by atoms with Gasteiger partial charge in [-0.25, -0.2) is 9.50 Å². The van der Waals surface area contributed by atoms with E-state index in [1.54, 1.807) is 0 Å². The summed E-state index contributed by atoms with van der Waals surface area (Å²) < 4.78 is 1.86. The van der Waals surface area contributed by atoms with Crippen LogP contribution in [-0.2, 0) is 11.2 Å². The lowest BCUT2D eigenvalue weighted by atomic mass is 9.85. The topological polar surface area (TPSA) is 79.5 Å². The first kappa shape index (κ1) is 17.9. The fourth-order valence-corrected chi connectivity index (χ4v) is 3.94. The van der Waals surface area contributed by atoms with E-state index >= 15 is 0 Å². The third-order valence-corrected chi connectivity index (χ3v) is 5.38. The summed E-state index contributed by atoms with van der Waals surface area (Å²) in [5.74, 6) is 0.257. The molecule has 0 saturated heterocycles. The predicted octanol–water partition coefficient (Wildman–Crippen LogP) is 2.25. The normalized spacial score (nSPS) is 20.8. The summed E-state index contributed by atoms with van der Waals surface area (Å²) in [7, 11) is 0. The molecule has 0 bridgehead atoms. The summed E-state index contributed by atoms with van der Waals surface area (Å²) in [4.78, 5) is 17.0. The van der Waals surface area contributed by atoms with Crippen molar-refractivity contribution in [1.82, 2.24) is 19.9 Å². The zero-order valence-corrected chi connectivity index (χ0v) is 15.4. The summed E-state index contributed by atoms with van der Waals surface area (Å²) in [6, 6.07) is 2.08. The van der Waals surface area contributed by atoms with Crippen molar-refractivity contribution >= 4 is 11.6 Å². The summed E-state index contributed by atoms with van der Waals surface area (Å²) >= 11 is 0. The number of rotatable bonds is 5. The second-order valence-corrected chi connectivity index (χ2v) is 7.22. The van der Waals surface area contributed by atoms with Gasteiger partial charge in [0.15, 0.2) is 5.65 Å². The minimum atomic E-state index is 0.0564. The van der Waals surface area contributed by atoms with Crippen LogP contribution in [-0.4, -0.2) is 38.3 Å². The van der Waals surface area contributed by atoms with Gasteiger partial charge in [0.2, 0.25) is 5.91 Å². The van der Waals surface area contributed by atoms with Crippen LogP contribution < -0.4 is 5.32 Å². The Kier molecular flexibility index (Phi) is 5.37. The second-order valence-electron chi connectivity index (χ2n) is 7.22. The van der Waals surface area contributed by atoms with Gasteiger partial charge in [0.1, 0.15) is 0 Å². The van der Waals surface area contributed by atoms with Gasteiger partial charge in [-0.3, -0.25) is 4.79 Å². The van der Waals surface area contributed by atoms with Crippen LogP contribution in [0, 0.1) is 26.7 Å². The molecule has 2 unspecified atom stereocenters. The summed E-state index contributed by atoms with van der Waals surface area (Å²) in [6.45, 7) is 6.14. The fraction of sp³-hybridized carbons (Fsp3) is 0.632. The monoisotopic (exact) mass is 344 g/mol. The SMILES string of the molecule is Cc1cc2nc(C)c(CCC(=O)NC3CCCCC3CO)c(C)n2n1. The van der Waals surface area contributed by atoms with E-state index in [0.717, 1.165) is 54.0 Å². The molecular formula is C19H28N4O2. The van der Waals surface area contributed by atoms with Gasteiger partial charge in [0, 0.05) is 42.4 Å². The van der Waals surface area contributed by atoms with E-state index in [0.29, 0.717) is 12.8 Å². The predicted molar refractivity (Wildman–Crippen MR) is 96.5 cm³/mol.